The second kappa shape index (κ2) is 9.66. The normalized spacial score (nSPS) is 9.88. The van der Waals surface area contributed by atoms with Gasteiger partial charge in [0.2, 0.25) is 0 Å². The number of hydrogen-bond acceptors (Lipinski definition) is 3. The summed E-state index contributed by atoms with van der Waals surface area (Å²) in [7, 11) is 0. The van der Waals surface area contributed by atoms with E-state index in [4.69, 9.17) is 28.5 Å². The number of hydrogen-bond donors (Lipinski definition) is 3. The number of carbonyl (C=O) groups excluding carboxylic acids is 2. The van der Waals surface area contributed by atoms with Crippen LogP contribution < -0.4 is 16.0 Å². The van der Waals surface area contributed by atoms with Crippen LogP contribution in [0.5, 0.6) is 0 Å². The van der Waals surface area contributed by atoms with Crippen molar-refractivity contribution >= 4 is 40.8 Å². The Morgan fingerprint density at radius 3 is 2.31 bits per heavy atom. The lowest BCUT2D eigenvalue weighted by Crippen LogP contribution is -2.36. The van der Waals surface area contributed by atoms with Crippen LogP contribution in [0.15, 0.2) is 42.5 Å². The zero-order valence-electron chi connectivity index (χ0n) is 13.7. The van der Waals surface area contributed by atoms with Crippen molar-refractivity contribution in [1.29, 1.82) is 5.26 Å². The maximum absolute atomic E-state index is 12.0. The number of amides is 3. The molecule has 0 aromatic heterocycles. The number of rotatable bonds is 6. The molecule has 6 nitrogen and oxygen atoms in total. The Morgan fingerprint density at radius 2 is 1.65 bits per heavy atom. The minimum Gasteiger partial charge on any atom is -0.350 e. The summed E-state index contributed by atoms with van der Waals surface area (Å²) >= 11 is 11.7. The number of nitriles is 1. The lowest BCUT2D eigenvalue weighted by molar-refractivity contribution is 0.0954. The Kier molecular flexibility index (Phi) is 7.27. The van der Waals surface area contributed by atoms with Gasteiger partial charge in [0.05, 0.1) is 22.5 Å². The van der Waals surface area contributed by atoms with Gasteiger partial charge in [0.15, 0.2) is 0 Å². The second-order valence-electron chi connectivity index (χ2n) is 5.30. The predicted octanol–water partition coefficient (Wildman–Crippen LogP) is 3.61. The molecule has 0 bridgehead atoms. The van der Waals surface area contributed by atoms with Crippen LogP contribution in [0.3, 0.4) is 0 Å². The van der Waals surface area contributed by atoms with Crippen LogP contribution in [-0.2, 0) is 6.42 Å². The smallest absolute Gasteiger partial charge is 0.319 e. The highest BCUT2D eigenvalue weighted by Gasteiger charge is 2.08. The number of halogens is 2. The molecule has 0 radical (unpaired) electrons. The van der Waals surface area contributed by atoms with Gasteiger partial charge in [-0.3, -0.25) is 4.79 Å². The van der Waals surface area contributed by atoms with Gasteiger partial charge in [-0.15, -0.1) is 0 Å². The van der Waals surface area contributed by atoms with Gasteiger partial charge in [-0.2, -0.15) is 5.26 Å². The summed E-state index contributed by atoms with van der Waals surface area (Å²) in [4.78, 5) is 23.8. The van der Waals surface area contributed by atoms with Gasteiger partial charge < -0.3 is 16.0 Å². The van der Waals surface area contributed by atoms with Crippen LogP contribution >= 0.6 is 23.2 Å². The average molecular weight is 391 g/mol. The topological polar surface area (TPSA) is 94.0 Å². The third kappa shape index (κ3) is 5.96. The number of nitrogens with zero attached hydrogens (tertiary/aromatic N) is 1. The maximum atomic E-state index is 12.0. The van der Waals surface area contributed by atoms with E-state index in [1.807, 2.05) is 0 Å². The van der Waals surface area contributed by atoms with Crippen molar-refractivity contribution < 1.29 is 9.59 Å². The number of anilines is 1. The molecule has 0 unspecified atom stereocenters. The monoisotopic (exact) mass is 390 g/mol. The molecule has 0 atom stereocenters. The summed E-state index contributed by atoms with van der Waals surface area (Å²) in [5, 5.41) is 17.3. The molecule has 0 saturated carbocycles. The quantitative estimate of drug-likeness (QED) is 0.657. The summed E-state index contributed by atoms with van der Waals surface area (Å²) in [6.45, 7) is 0.513. The zero-order chi connectivity index (χ0) is 18.9. The van der Waals surface area contributed by atoms with E-state index in [0.29, 0.717) is 27.7 Å². The van der Waals surface area contributed by atoms with E-state index in [-0.39, 0.29) is 25.0 Å². The average Bonchev–Trinajstić information content (AvgIpc) is 2.63. The molecule has 0 saturated heterocycles. The third-order valence-corrected chi connectivity index (χ3v) is 4.11. The molecule has 26 heavy (non-hydrogen) atoms. The van der Waals surface area contributed by atoms with Crippen LogP contribution in [-0.4, -0.2) is 25.0 Å². The van der Waals surface area contributed by atoms with E-state index >= 15 is 0 Å². The molecule has 0 spiro atoms. The summed E-state index contributed by atoms with van der Waals surface area (Å²) in [5.74, 6) is -0.307. The molecule has 2 aromatic carbocycles. The molecule has 134 valence electrons. The van der Waals surface area contributed by atoms with Crippen LogP contribution in [0, 0.1) is 11.3 Å². The van der Waals surface area contributed by atoms with Crippen molar-refractivity contribution in [2.24, 2.45) is 0 Å². The number of benzene rings is 2. The fourth-order valence-electron chi connectivity index (χ4n) is 2.06. The van der Waals surface area contributed by atoms with Gasteiger partial charge >= 0.3 is 6.03 Å². The molecule has 0 aliphatic rings. The van der Waals surface area contributed by atoms with Crippen LogP contribution in [0.25, 0.3) is 0 Å². The van der Waals surface area contributed by atoms with E-state index in [2.05, 4.69) is 22.0 Å². The first-order chi connectivity index (χ1) is 12.5. The Bertz CT molecular complexity index is 832. The maximum Gasteiger partial charge on any atom is 0.319 e. The highest BCUT2D eigenvalue weighted by molar-refractivity contribution is 6.42. The predicted molar refractivity (Wildman–Crippen MR) is 102 cm³/mol. The third-order valence-electron chi connectivity index (χ3n) is 3.37. The highest BCUT2D eigenvalue weighted by atomic mass is 35.5. The van der Waals surface area contributed by atoms with Gasteiger partial charge in [0.1, 0.15) is 0 Å². The lowest BCUT2D eigenvalue weighted by atomic mass is 10.1. The molecule has 2 rings (SSSR count). The van der Waals surface area contributed by atoms with Crippen LogP contribution in [0.1, 0.15) is 15.9 Å². The van der Waals surface area contributed by atoms with Crippen LogP contribution in [0.4, 0.5) is 10.5 Å². The van der Waals surface area contributed by atoms with E-state index in [9.17, 15) is 9.59 Å². The van der Waals surface area contributed by atoms with Crippen molar-refractivity contribution in [3.63, 3.8) is 0 Å². The Morgan fingerprint density at radius 1 is 0.962 bits per heavy atom. The number of carbonyl (C=O) groups is 2. The molecule has 0 aliphatic carbocycles. The van der Waals surface area contributed by atoms with Gasteiger partial charge in [0.25, 0.3) is 5.91 Å². The first kappa shape index (κ1) is 19.6. The fraction of sp³-hybridized carbons (Fsp3) is 0.167. The van der Waals surface area contributed by atoms with Crippen molar-refractivity contribution in [2.45, 2.75) is 6.42 Å². The van der Waals surface area contributed by atoms with E-state index < -0.39 is 0 Å². The van der Waals surface area contributed by atoms with Crippen molar-refractivity contribution in [2.75, 3.05) is 18.4 Å². The summed E-state index contributed by atoms with van der Waals surface area (Å²) < 4.78 is 0. The summed E-state index contributed by atoms with van der Waals surface area (Å²) in [6, 6.07) is 13.3. The fourth-order valence-corrected chi connectivity index (χ4v) is 2.36. The van der Waals surface area contributed by atoms with Crippen molar-refractivity contribution in [3.05, 3.63) is 63.6 Å². The van der Waals surface area contributed by atoms with Crippen LogP contribution in [0.2, 0.25) is 10.0 Å². The first-order valence-electron chi connectivity index (χ1n) is 7.73. The Hall–Kier alpha value is -2.75. The van der Waals surface area contributed by atoms with E-state index in [1.54, 1.807) is 36.4 Å². The molecule has 0 fully saturated rings. The summed E-state index contributed by atoms with van der Waals surface area (Å²) in [6.07, 6.45) is 0.324. The lowest BCUT2D eigenvalue weighted by Gasteiger charge is -2.09. The Labute approximate surface area is 161 Å². The van der Waals surface area contributed by atoms with Gasteiger partial charge in [-0.05, 0) is 35.9 Å². The number of urea groups is 1. The van der Waals surface area contributed by atoms with Crippen molar-refractivity contribution in [1.82, 2.24) is 10.6 Å². The molecule has 2 aromatic rings. The van der Waals surface area contributed by atoms with Gasteiger partial charge in [0, 0.05) is 24.3 Å². The minimum atomic E-state index is -0.387. The molecule has 3 amide bonds. The molecule has 0 heterocycles. The molecular formula is C18H16Cl2N4O2. The van der Waals surface area contributed by atoms with Gasteiger partial charge in [-0.1, -0.05) is 35.3 Å². The zero-order valence-corrected chi connectivity index (χ0v) is 15.2. The second-order valence-corrected chi connectivity index (χ2v) is 6.11. The largest absolute Gasteiger partial charge is 0.350 e. The van der Waals surface area contributed by atoms with E-state index in [1.165, 1.54) is 6.07 Å². The highest BCUT2D eigenvalue weighted by Crippen LogP contribution is 2.22. The molecule has 3 N–H and O–H groups in total. The SMILES string of the molecule is N#CCc1ccc(NC(=O)NCCNC(=O)c2ccc(Cl)c(Cl)c2)cc1. The Balaban J connectivity index is 1.71. The summed E-state index contributed by atoms with van der Waals surface area (Å²) in [5.41, 5.74) is 1.88. The number of nitrogens with one attached hydrogen (secondary N) is 3. The van der Waals surface area contributed by atoms with Crippen molar-refractivity contribution in [3.8, 4) is 6.07 Å². The van der Waals surface area contributed by atoms with Gasteiger partial charge in [-0.25, -0.2) is 4.79 Å². The van der Waals surface area contributed by atoms with E-state index in [0.717, 1.165) is 5.56 Å². The molecule has 0 aliphatic heterocycles. The standard InChI is InChI=1S/C18H16Cl2N4O2/c19-15-6-3-13(11-16(15)20)17(25)22-9-10-23-18(26)24-14-4-1-12(2-5-14)7-8-21/h1-6,11H,7,9-10H2,(H,22,25)(H2,23,24,26). The minimum absolute atomic E-state index is 0.255. The molecular weight excluding hydrogens is 375 g/mol. The first-order valence-corrected chi connectivity index (χ1v) is 8.49. The molecule has 8 heteroatoms.